The van der Waals surface area contributed by atoms with Crippen LogP contribution in [0.1, 0.15) is 43.0 Å². The molecule has 0 bridgehead atoms. The van der Waals surface area contributed by atoms with Gasteiger partial charge in [-0.25, -0.2) is 4.79 Å². The van der Waals surface area contributed by atoms with Crippen molar-refractivity contribution in [3.8, 4) is 0 Å². The number of benzene rings is 1. The fourth-order valence-corrected chi connectivity index (χ4v) is 3.63. The van der Waals surface area contributed by atoms with Gasteiger partial charge in [-0.15, -0.1) is 11.8 Å². The van der Waals surface area contributed by atoms with Gasteiger partial charge in [-0.2, -0.15) is 0 Å². The Kier molecular flexibility index (Phi) is 5.14. The second kappa shape index (κ2) is 6.85. The summed E-state index contributed by atoms with van der Waals surface area (Å²) in [4.78, 5) is 12.8. The largest absolute Gasteiger partial charge is 0.462 e. The molecule has 0 radical (unpaired) electrons. The van der Waals surface area contributed by atoms with Crippen LogP contribution >= 0.6 is 11.8 Å². The zero-order chi connectivity index (χ0) is 13.7. The van der Waals surface area contributed by atoms with Gasteiger partial charge in [-0.1, -0.05) is 18.9 Å². The van der Waals surface area contributed by atoms with Gasteiger partial charge in [-0.3, -0.25) is 0 Å². The molecule has 1 aromatic carbocycles. The normalized spacial score (nSPS) is 15.6. The summed E-state index contributed by atoms with van der Waals surface area (Å²) in [7, 11) is 0. The Morgan fingerprint density at radius 3 is 2.84 bits per heavy atom. The number of para-hydroxylation sites is 1. The van der Waals surface area contributed by atoms with Crippen molar-refractivity contribution in [1.82, 2.24) is 0 Å². The maximum Gasteiger partial charge on any atom is 0.340 e. The molecule has 1 aliphatic carbocycles. The van der Waals surface area contributed by atoms with Crippen molar-refractivity contribution in [2.75, 3.05) is 18.1 Å². The van der Waals surface area contributed by atoms with Gasteiger partial charge in [-0.05, 0) is 37.8 Å². The lowest BCUT2D eigenvalue weighted by atomic mass is 10.1. The lowest BCUT2D eigenvalue weighted by molar-refractivity contribution is 0.0527. The molecule has 0 amide bonds. The van der Waals surface area contributed by atoms with Crippen LogP contribution in [-0.4, -0.2) is 18.3 Å². The van der Waals surface area contributed by atoms with Crippen molar-refractivity contribution >= 4 is 23.4 Å². The van der Waals surface area contributed by atoms with Crippen molar-refractivity contribution < 1.29 is 9.53 Å². The lowest BCUT2D eigenvalue weighted by Crippen LogP contribution is -2.09. The minimum atomic E-state index is -0.330. The summed E-state index contributed by atoms with van der Waals surface area (Å²) in [6, 6.07) is 5.59. The van der Waals surface area contributed by atoms with Gasteiger partial charge in [0.05, 0.1) is 17.9 Å². The van der Waals surface area contributed by atoms with E-state index >= 15 is 0 Å². The van der Waals surface area contributed by atoms with E-state index in [2.05, 4.69) is 0 Å². The molecule has 1 fully saturated rings. The van der Waals surface area contributed by atoms with Crippen LogP contribution in [-0.2, 0) is 4.74 Å². The maximum absolute atomic E-state index is 11.8. The molecular weight excluding hydrogens is 258 g/mol. The van der Waals surface area contributed by atoms with Crippen LogP contribution < -0.4 is 5.73 Å². The van der Waals surface area contributed by atoms with Crippen molar-refractivity contribution in [3.63, 3.8) is 0 Å². The highest BCUT2D eigenvalue weighted by Crippen LogP contribution is 2.34. The summed E-state index contributed by atoms with van der Waals surface area (Å²) in [5.41, 5.74) is 7.12. The first kappa shape index (κ1) is 14.3. The molecule has 0 saturated heterocycles. The molecule has 3 nitrogen and oxygen atoms in total. The zero-order valence-electron chi connectivity index (χ0n) is 11.4. The van der Waals surface area contributed by atoms with Gasteiger partial charge in [0.25, 0.3) is 0 Å². The number of carbonyl (C=O) groups excluding carboxylic acids is 1. The number of thioether (sulfide) groups is 1. The summed E-state index contributed by atoms with van der Waals surface area (Å²) in [5, 5.41) is 0. The Hall–Kier alpha value is -1.16. The van der Waals surface area contributed by atoms with E-state index in [0.29, 0.717) is 17.9 Å². The number of nitrogen functional groups attached to an aromatic ring is 1. The SMILES string of the molecule is CCOC(=O)c1cccc(SCC2CCCC2)c1N. The van der Waals surface area contributed by atoms with E-state index in [-0.39, 0.29) is 5.97 Å². The van der Waals surface area contributed by atoms with Crippen LogP contribution in [0.3, 0.4) is 0 Å². The molecule has 0 spiro atoms. The third kappa shape index (κ3) is 3.66. The molecule has 1 aromatic rings. The molecule has 1 aliphatic rings. The summed E-state index contributed by atoms with van der Waals surface area (Å²) < 4.78 is 5.01. The number of nitrogens with two attached hydrogens (primary N) is 1. The van der Waals surface area contributed by atoms with Crippen LogP contribution in [0.25, 0.3) is 0 Å². The van der Waals surface area contributed by atoms with Gasteiger partial charge in [0.1, 0.15) is 0 Å². The highest BCUT2D eigenvalue weighted by atomic mass is 32.2. The molecule has 4 heteroatoms. The van der Waals surface area contributed by atoms with E-state index in [0.717, 1.165) is 16.6 Å². The highest BCUT2D eigenvalue weighted by Gasteiger charge is 2.17. The van der Waals surface area contributed by atoms with E-state index in [1.807, 2.05) is 12.1 Å². The Balaban J connectivity index is 2.03. The van der Waals surface area contributed by atoms with Gasteiger partial charge >= 0.3 is 5.97 Å². The zero-order valence-corrected chi connectivity index (χ0v) is 12.2. The number of rotatable bonds is 5. The van der Waals surface area contributed by atoms with E-state index < -0.39 is 0 Å². The number of ether oxygens (including phenoxy) is 1. The molecule has 19 heavy (non-hydrogen) atoms. The fraction of sp³-hybridized carbons (Fsp3) is 0.533. The Morgan fingerprint density at radius 2 is 2.16 bits per heavy atom. The average Bonchev–Trinajstić information content (AvgIpc) is 2.91. The standard InChI is InChI=1S/C15H21NO2S/c1-2-18-15(17)12-8-5-9-13(14(12)16)19-10-11-6-3-4-7-11/h5,8-9,11H,2-4,6-7,10,16H2,1H3. The second-order valence-electron chi connectivity index (χ2n) is 4.90. The van der Waals surface area contributed by atoms with Gasteiger partial charge < -0.3 is 10.5 Å². The van der Waals surface area contributed by atoms with Crippen LogP contribution in [0.15, 0.2) is 23.1 Å². The van der Waals surface area contributed by atoms with E-state index in [4.69, 9.17) is 10.5 Å². The average molecular weight is 279 g/mol. The van der Waals surface area contributed by atoms with Crippen molar-refractivity contribution in [2.45, 2.75) is 37.5 Å². The molecule has 1 saturated carbocycles. The summed E-state index contributed by atoms with van der Waals surface area (Å²) in [6.07, 6.45) is 5.35. The van der Waals surface area contributed by atoms with Gasteiger partial charge in [0.2, 0.25) is 0 Å². The smallest absolute Gasteiger partial charge is 0.340 e. The first-order valence-electron chi connectivity index (χ1n) is 6.90. The van der Waals surface area contributed by atoms with Gasteiger partial charge in [0, 0.05) is 10.6 Å². The number of esters is 1. The topological polar surface area (TPSA) is 52.3 Å². The number of carbonyl (C=O) groups is 1. The van der Waals surface area contributed by atoms with Gasteiger partial charge in [0.15, 0.2) is 0 Å². The summed E-state index contributed by atoms with van der Waals surface area (Å²) >= 11 is 1.76. The first-order valence-corrected chi connectivity index (χ1v) is 7.89. The van der Waals surface area contributed by atoms with Crippen molar-refractivity contribution in [3.05, 3.63) is 23.8 Å². The molecule has 0 atom stereocenters. The minimum Gasteiger partial charge on any atom is -0.462 e. The third-order valence-corrected chi connectivity index (χ3v) is 4.82. The van der Waals surface area contributed by atoms with Crippen LogP contribution in [0, 0.1) is 5.92 Å². The van der Waals surface area contributed by atoms with E-state index in [1.54, 1.807) is 24.8 Å². The minimum absolute atomic E-state index is 0.330. The Bertz CT molecular complexity index is 442. The van der Waals surface area contributed by atoms with Crippen molar-refractivity contribution in [1.29, 1.82) is 0 Å². The highest BCUT2D eigenvalue weighted by molar-refractivity contribution is 7.99. The first-order chi connectivity index (χ1) is 9.22. The quantitative estimate of drug-likeness (QED) is 0.507. The lowest BCUT2D eigenvalue weighted by Gasteiger charge is -2.12. The van der Waals surface area contributed by atoms with E-state index in [9.17, 15) is 4.79 Å². The predicted molar refractivity (Wildman–Crippen MR) is 79.5 cm³/mol. The van der Waals surface area contributed by atoms with Crippen LogP contribution in [0.5, 0.6) is 0 Å². The molecular formula is C15H21NO2S. The van der Waals surface area contributed by atoms with Crippen LogP contribution in [0.2, 0.25) is 0 Å². The molecule has 104 valence electrons. The monoisotopic (exact) mass is 279 g/mol. The fourth-order valence-electron chi connectivity index (χ4n) is 2.44. The number of anilines is 1. The summed E-state index contributed by atoms with van der Waals surface area (Å²) in [6.45, 7) is 2.17. The number of hydrogen-bond acceptors (Lipinski definition) is 4. The van der Waals surface area contributed by atoms with Crippen LogP contribution in [0.4, 0.5) is 5.69 Å². The summed E-state index contributed by atoms with van der Waals surface area (Å²) in [5.74, 6) is 1.56. The second-order valence-corrected chi connectivity index (χ2v) is 5.96. The molecule has 2 rings (SSSR count). The van der Waals surface area contributed by atoms with E-state index in [1.165, 1.54) is 25.7 Å². The predicted octanol–water partition coefficient (Wildman–Crippen LogP) is 3.73. The Labute approximate surface area is 118 Å². The third-order valence-electron chi connectivity index (χ3n) is 3.51. The van der Waals surface area contributed by atoms with Crippen molar-refractivity contribution in [2.24, 2.45) is 5.92 Å². The Morgan fingerprint density at radius 1 is 1.42 bits per heavy atom. The molecule has 0 heterocycles. The molecule has 0 aliphatic heterocycles. The maximum atomic E-state index is 11.8. The number of hydrogen-bond donors (Lipinski definition) is 1. The molecule has 0 unspecified atom stereocenters. The molecule has 2 N–H and O–H groups in total. The molecule has 0 aromatic heterocycles.